The van der Waals surface area contributed by atoms with E-state index in [1.165, 1.54) is 15.6 Å². The summed E-state index contributed by atoms with van der Waals surface area (Å²) >= 11 is 1.13. The summed E-state index contributed by atoms with van der Waals surface area (Å²) in [6, 6.07) is 10.9. The van der Waals surface area contributed by atoms with Crippen molar-refractivity contribution in [3.63, 3.8) is 0 Å². The Morgan fingerprint density at radius 3 is 2.63 bits per heavy atom. The SMILES string of the molecule is Cn1c(=O)n(Cc2ccccc2)c(=O)c2cc(C(=O)OCC3CCC3)sc21. The van der Waals surface area contributed by atoms with Crippen molar-refractivity contribution in [2.75, 3.05) is 6.61 Å². The fraction of sp³-hybridized carbons (Fsp3) is 0.350. The van der Waals surface area contributed by atoms with Gasteiger partial charge in [-0.05, 0) is 30.4 Å². The highest BCUT2D eigenvalue weighted by molar-refractivity contribution is 7.20. The predicted octanol–water partition coefficient (Wildman–Crippen LogP) is 2.77. The average Bonchev–Trinajstić information content (AvgIpc) is 3.09. The molecule has 1 saturated carbocycles. The van der Waals surface area contributed by atoms with Gasteiger partial charge in [-0.3, -0.25) is 13.9 Å². The van der Waals surface area contributed by atoms with Gasteiger partial charge in [-0.1, -0.05) is 36.8 Å². The summed E-state index contributed by atoms with van der Waals surface area (Å²) in [7, 11) is 1.62. The molecule has 0 radical (unpaired) electrons. The van der Waals surface area contributed by atoms with Crippen LogP contribution in [0.5, 0.6) is 0 Å². The van der Waals surface area contributed by atoms with Crippen LogP contribution in [0.15, 0.2) is 46.0 Å². The van der Waals surface area contributed by atoms with Gasteiger partial charge < -0.3 is 4.74 Å². The quantitative estimate of drug-likeness (QED) is 0.634. The molecule has 0 saturated heterocycles. The van der Waals surface area contributed by atoms with E-state index in [4.69, 9.17) is 4.74 Å². The Morgan fingerprint density at radius 1 is 1.22 bits per heavy atom. The Hall–Kier alpha value is -2.67. The first-order valence-electron chi connectivity index (χ1n) is 8.99. The molecule has 0 aliphatic heterocycles. The van der Waals surface area contributed by atoms with E-state index < -0.39 is 11.7 Å². The normalized spacial score (nSPS) is 14.3. The molecule has 1 aliphatic rings. The third-order valence-electron chi connectivity index (χ3n) is 5.07. The summed E-state index contributed by atoms with van der Waals surface area (Å²) in [4.78, 5) is 38.7. The van der Waals surface area contributed by atoms with Crippen molar-refractivity contribution < 1.29 is 9.53 Å². The fourth-order valence-corrected chi connectivity index (χ4v) is 4.21. The van der Waals surface area contributed by atoms with Crippen LogP contribution in [0, 0.1) is 5.92 Å². The maximum absolute atomic E-state index is 12.9. The van der Waals surface area contributed by atoms with Gasteiger partial charge >= 0.3 is 11.7 Å². The molecule has 6 nitrogen and oxygen atoms in total. The van der Waals surface area contributed by atoms with Crippen LogP contribution in [0.1, 0.15) is 34.5 Å². The topological polar surface area (TPSA) is 70.3 Å². The van der Waals surface area contributed by atoms with Gasteiger partial charge in [-0.2, -0.15) is 0 Å². The zero-order valence-corrected chi connectivity index (χ0v) is 15.8. The third-order valence-corrected chi connectivity index (χ3v) is 6.26. The highest BCUT2D eigenvalue weighted by Crippen LogP contribution is 2.27. The van der Waals surface area contributed by atoms with E-state index in [0.29, 0.717) is 27.6 Å². The lowest BCUT2D eigenvalue weighted by molar-refractivity contribution is 0.0377. The zero-order valence-electron chi connectivity index (χ0n) is 15.0. The van der Waals surface area contributed by atoms with E-state index in [2.05, 4.69) is 0 Å². The van der Waals surface area contributed by atoms with Crippen molar-refractivity contribution in [2.45, 2.75) is 25.8 Å². The number of aryl methyl sites for hydroxylation is 1. The van der Waals surface area contributed by atoms with Crippen molar-refractivity contribution in [1.29, 1.82) is 0 Å². The average molecular weight is 384 g/mol. The Labute approximate surface area is 159 Å². The van der Waals surface area contributed by atoms with Crippen LogP contribution in [0.4, 0.5) is 0 Å². The molecule has 27 heavy (non-hydrogen) atoms. The minimum absolute atomic E-state index is 0.194. The minimum atomic E-state index is -0.426. The number of benzene rings is 1. The Bertz CT molecular complexity index is 1110. The number of hydrogen-bond donors (Lipinski definition) is 0. The van der Waals surface area contributed by atoms with E-state index in [0.717, 1.165) is 29.7 Å². The molecule has 2 heterocycles. The van der Waals surface area contributed by atoms with E-state index >= 15 is 0 Å². The highest BCUT2D eigenvalue weighted by Gasteiger charge is 2.22. The van der Waals surface area contributed by atoms with Gasteiger partial charge in [0, 0.05) is 7.05 Å². The molecule has 1 fully saturated rings. The lowest BCUT2D eigenvalue weighted by atomic mass is 9.86. The van der Waals surface area contributed by atoms with Crippen LogP contribution in [0.3, 0.4) is 0 Å². The van der Waals surface area contributed by atoms with E-state index in [-0.39, 0.29) is 12.1 Å². The molecule has 0 atom stereocenters. The fourth-order valence-electron chi connectivity index (χ4n) is 3.21. The molecule has 7 heteroatoms. The molecule has 0 spiro atoms. The number of aromatic nitrogens is 2. The molecule has 1 aliphatic carbocycles. The number of esters is 1. The number of fused-ring (bicyclic) bond motifs is 1. The summed E-state index contributed by atoms with van der Waals surface area (Å²) < 4.78 is 8.00. The predicted molar refractivity (Wildman–Crippen MR) is 104 cm³/mol. The highest BCUT2D eigenvalue weighted by atomic mass is 32.1. The molecule has 2 aromatic heterocycles. The summed E-state index contributed by atoms with van der Waals surface area (Å²) in [5.41, 5.74) is 0.0882. The number of rotatable bonds is 5. The molecule has 0 N–H and O–H groups in total. The van der Waals surface area contributed by atoms with E-state index in [1.54, 1.807) is 13.1 Å². The van der Waals surface area contributed by atoms with Gasteiger partial charge in [-0.25, -0.2) is 9.59 Å². The van der Waals surface area contributed by atoms with Crippen molar-refractivity contribution in [2.24, 2.45) is 13.0 Å². The van der Waals surface area contributed by atoms with Crippen molar-refractivity contribution in [1.82, 2.24) is 9.13 Å². The monoisotopic (exact) mass is 384 g/mol. The first kappa shape index (κ1) is 17.7. The van der Waals surface area contributed by atoms with Crippen molar-refractivity contribution in [3.05, 3.63) is 67.7 Å². The van der Waals surface area contributed by atoms with Crippen LogP contribution < -0.4 is 11.2 Å². The summed E-state index contributed by atoms with van der Waals surface area (Å²) in [5.74, 6) is 0.0281. The lowest BCUT2D eigenvalue weighted by Crippen LogP contribution is -2.38. The van der Waals surface area contributed by atoms with Crippen LogP contribution in [-0.4, -0.2) is 21.7 Å². The Balaban J connectivity index is 1.69. The second-order valence-corrected chi connectivity index (χ2v) is 7.97. The Kier molecular flexibility index (Phi) is 4.70. The maximum Gasteiger partial charge on any atom is 0.348 e. The molecule has 0 unspecified atom stereocenters. The van der Waals surface area contributed by atoms with Gasteiger partial charge in [0.1, 0.15) is 9.71 Å². The van der Waals surface area contributed by atoms with Gasteiger partial charge in [-0.15, -0.1) is 11.3 Å². The van der Waals surface area contributed by atoms with Crippen LogP contribution in [0.25, 0.3) is 10.2 Å². The van der Waals surface area contributed by atoms with E-state index in [1.807, 2.05) is 30.3 Å². The number of carbonyl (C=O) groups is 1. The van der Waals surface area contributed by atoms with Gasteiger partial charge in [0.05, 0.1) is 18.5 Å². The molecule has 4 rings (SSSR count). The minimum Gasteiger partial charge on any atom is -0.461 e. The molecule has 1 aromatic carbocycles. The lowest BCUT2D eigenvalue weighted by Gasteiger charge is -2.24. The largest absolute Gasteiger partial charge is 0.461 e. The number of carbonyl (C=O) groups excluding carboxylic acids is 1. The van der Waals surface area contributed by atoms with Crippen molar-refractivity contribution in [3.8, 4) is 0 Å². The first-order valence-corrected chi connectivity index (χ1v) is 9.80. The number of nitrogens with zero attached hydrogens (tertiary/aromatic N) is 2. The van der Waals surface area contributed by atoms with Crippen LogP contribution in [-0.2, 0) is 18.3 Å². The summed E-state index contributed by atoms with van der Waals surface area (Å²) in [6.45, 7) is 0.615. The van der Waals surface area contributed by atoms with E-state index in [9.17, 15) is 14.4 Å². The summed E-state index contributed by atoms with van der Waals surface area (Å²) in [5, 5.41) is 0.369. The first-order chi connectivity index (χ1) is 13.0. The standard InChI is InChI=1S/C20H20N2O4S/c1-21-18-15(10-16(27-18)19(24)26-12-14-8-5-9-14)17(23)22(20(21)25)11-13-6-3-2-4-7-13/h2-4,6-7,10,14H,5,8-9,11-12H2,1H3. The molecular weight excluding hydrogens is 364 g/mol. The summed E-state index contributed by atoms with van der Waals surface area (Å²) in [6.07, 6.45) is 3.38. The van der Waals surface area contributed by atoms with Gasteiger partial charge in [0.25, 0.3) is 5.56 Å². The number of hydrogen-bond acceptors (Lipinski definition) is 5. The van der Waals surface area contributed by atoms with Crippen LogP contribution >= 0.6 is 11.3 Å². The zero-order chi connectivity index (χ0) is 19.0. The number of thiophene rings is 1. The smallest absolute Gasteiger partial charge is 0.348 e. The Morgan fingerprint density at radius 2 is 1.96 bits per heavy atom. The second kappa shape index (κ2) is 7.15. The van der Waals surface area contributed by atoms with Crippen molar-refractivity contribution >= 4 is 27.5 Å². The molecule has 3 aromatic rings. The van der Waals surface area contributed by atoms with Gasteiger partial charge in [0.2, 0.25) is 0 Å². The molecule has 140 valence electrons. The third kappa shape index (κ3) is 3.35. The molecular formula is C20H20N2O4S. The van der Waals surface area contributed by atoms with Gasteiger partial charge in [0.15, 0.2) is 0 Å². The molecule has 0 bridgehead atoms. The maximum atomic E-state index is 12.9. The van der Waals surface area contributed by atoms with Crippen LogP contribution in [0.2, 0.25) is 0 Å². The second-order valence-electron chi connectivity index (χ2n) is 6.94. The number of ether oxygens (including phenoxy) is 1. The molecule has 0 amide bonds.